The SMILES string of the molecule is NC(=NO)c1ccc(C(=O)NCCn2cccn2)nc1. The Bertz CT molecular complexity index is 591. The van der Waals surface area contributed by atoms with Gasteiger partial charge in [0.2, 0.25) is 0 Å². The molecule has 0 saturated carbocycles. The lowest BCUT2D eigenvalue weighted by Gasteiger charge is -2.05. The van der Waals surface area contributed by atoms with Crippen molar-refractivity contribution in [2.24, 2.45) is 10.9 Å². The summed E-state index contributed by atoms with van der Waals surface area (Å²) in [6, 6.07) is 4.89. The average Bonchev–Trinajstić information content (AvgIpc) is 2.99. The van der Waals surface area contributed by atoms with Crippen LogP contribution in [0.2, 0.25) is 0 Å². The van der Waals surface area contributed by atoms with Crippen LogP contribution in [-0.4, -0.2) is 38.3 Å². The predicted octanol–water partition coefficient (Wildman–Crippen LogP) is -0.197. The number of carbonyl (C=O) groups excluding carboxylic acids is 1. The third kappa shape index (κ3) is 3.31. The Morgan fingerprint density at radius 3 is 2.95 bits per heavy atom. The molecule has 0 aliphatic heterocycles. The summed E-state index contributed by atoms with van der Waals surface area (Å²) in [7, 11) is 0. The van der Waals surface area contributed by atoms with E-state index < -0.39 is 0 Å². The van der Waals surface area contributed by atoms with Crippen molar-refractivity contribution in [2.75, 3.05) is 6.54 Å². The fourth-order valence-electron chi connectivity index (χ4n) is 1.54. The Balaban J connectivity index is 1.89. The molecule has 1 amide bonds. The molecule has 0 aromatic carbocycles. The molecular weight excluding hydrogens is 260 g/mol. The molecule has 8 heteroatoms. The van der Waals surface area contributed by atoms with Crippen LogP contribution in [0.4, 0.5) is 0 Å². The van der Waals surface area contributed by atoms with Gasteiger partial charge in [-0.3, -0.25) is 14.5 Å². The third-order valence-corrected chi connectivity index (χ3v) is 2.59. The smallest absolute Gasteiger partial charge is 0.269 e. The fraction of sp³-hybridized carbons (Fsp3) is 0.167. The Morgan fingerprint density at radius 2 is 2.35 bits per heavy atom. The molecule has 0 fully saturated rings. The fourth-order valence-corrected chi connectivity index (χ4v) is 1.54. The quantitative estimate of drug-likeness (QED) is 0.302. The first kappa shape index (κ1) is 13.5. The zero-order valence-electron chi connectivity index (χ0n) is 10.6. The molecular formula is C12H14N6O2. The highest BCUT2D eigenvalue weighted by Crippen LogP contribution is 2.00. The second-order valence-electron chi connectivity index (χ2n) is 3.94. The zero-order valence-corrected chi connectivity index (χ0v) is 10.6. The number of hydrogen-bond acceptors (Lipinski definition) is 5. The number of nitrogens with two attached hydrogens (primary N) is 1. The molecule has 2 aromatic heterocycles. The van der Waals surface area contributed by atoms with Gasteiger partial charge in [-0.25, -0.2) is 0 Å². The molecule has 0 aliphatic rings. The Morgan fingerprint density at radius 1 is 1.50 bits per heavy atom. The third-order valence-electron chi connectivity index (χ3n) is 2.59. The van der Waals surface area contributed by atoms with Crippen molar-refractivity contribution < 1.29 is 10.0 Å². The largest absolute Gasteiger partial charge is 0.409 e. The monoisotopic (exact) mass is 274 g/mol. The minimum Gasteiger partial charge on any atom is -0.409 e. The maximum atomic E-state index is 11.8. The van der Waals surface area contributed by atoms with Crippen LogP contribution in [0.25, 0.3) is 0 Å². The summed E-state index contributed by atoms with van der Waals surface area (Å²) in [4.78, 5) is 15.8. The van der Waals surface area contributed by atoms with Gasteiger partial charge in [-0.05, 0) is 18.2 Å². The van der Waals surface area contributed by atoms with Crippen LogP contribution in [-0.2, 0) is 6.54 Å². The summed E-state index contributed by atoms with van der Waals surface area (Å²) in [6.07, 6.45) is 4.86. The van der Waals surface area contributed by atoms with Crippen LogP contribution in [0.3, 0.4) is 0 Å². The van der Waals surface area contributed by atoms with E-state index in [1.165, 1.54) is 12.3 Å². The summed E-state index contributed by atoms with van der Waals surface area (Å²) >= 11 is 0. The van der Waals surface area contributed by atoms with Crippen LogP contribution < -0.4 is 11.1 Å². The molecule has 8 nitrogen and oxygen atoms in total. The van der Waals surface area contributed by atoms with Crippen molar-refractivity contribution in [3.8, 4) is 0 Å². The normalized spacial score (nSPS) is 11.3. The van der Waals surface area contributed by atoms with Crippen molar-refractivity contribution in [1.29, 1.82) is 0 Å². The van der Waals surface area contributed by atoms with Gasteiger partial charge in [0, 0.05) is 30.7 Å². The number of amides is 1. The van der Waals surface area contributed by atoms with E-state index >= 15 is 0 Å². The maximum absolute atomic E-state index is 11.8. The number of aromatic nitrogens is 3. The van der Waals surface area contributed by atoms with E-state index in [1.54, 1.807) is 16.9 Å². The van der Waals surface area contributed by atoms with Crippen LogP contribution in [0.1, 0.15) is 16.1 Å². The number of pyridine rings is 1. The molecule has 2 rings (SSSR count). The lowest BCUT2D eigenvalue weighted by Crippen LogP contribution is -2.28. The van der Waals surface area contributed by atoms with Crippen molar-refractivity contribution in [3.63, 3.8) is 0 Å². The Hall–Kier alpha value is -2.90. The van der Waals surface area contributed by atoms with Crippen LogP contribution >= 0.6 is 0 Å². The standard InChI is InChI=1S/C12H14N6O2/c13-11(17-20)9-2-3-10(15-8-9)12(19)14-5-7-18-6-1-4-16-18/h1-4,6,8,20H,5,7H2,(H2,13,17)(H,14,19). The number of rotatable bonds is 5. The second-order valence-corrected chi connectivity index (χ2v) is 3.94. The van der Waals surface area contributed by atoms with Gasteiger partial charge in [-0.15, -0.1) is 0 Å². The van der Waals surface area contributed by atoms with E-state index in [1.807, 2.05) is 12.3 Å². The highest BCUT2D eigenvalue weighted by Gasteiger charge is 2.07. The number of amidine groups is 1. The molecule has 2 heterocycles. The van der Waals surface area contributed by atoms with Gasteiger partial charge in [-0.1, -0.05) is 5.16 Å². The first-order chi connectivity index (χ1) is 9.70. The molecule has 2 aromatic rings. The molecule has 0 bridgehead atoms. The summed E-state index contributed by atoms with van der Waals surface area (Å²) in [5.41, 5.74) is 6.11. The van der Waals surface area contributed by atoms with E-state index in [0.29, 0.717) is 18.7 Å². The molecule has 104 valence electrons. The first-order valence-corrected chi connectivity index (χ1v) is 5.90. The number of nitrogens with zero attached hydrogens (tertiary/aromatic N) is 4. The average molecular weight is 274 g/mol. The van der Waals surface area contributed by atoms with Gasteiger partial charge in [-0.2, -0.15) is 5.10 Å². The molecule has 0 unspecified atom stereocenters. The van der Waals surface area contributed by atoms with Crippen molar-refractivity contribution in [1.82, 2.24) is 20.1 Å². The predicted molar refractivity (Wildman–Crippen MR) is 71.3 cm³/mol. The van der Waals surface area contributed by atoms with E-state index in [-0.39, 0.29) is 17.4 Å². The lowest BCUT2D eigenvalue weighted by atomic mass is 10.2. The van der Waals surface area contributed by atoms with E-state index in [2.05, 4.69) is 20.6 Å². The lowest BCUT2D eigenvalue weighted by molar-refractivity contribution is 0.0947. The first-order valence-electron chi connectivity index (χ1n) is 5.90. The maximum Gasteiger partial charge on any atom is 0.269 e. The number of hydrogen-bond donors (Lipinski definition) is 3. The minimum absolute atomic E-state index is 0.0526. The minimum atomic E-state index is -0.289. The van der Waals surface area contributed by atoms with Crippen molar-refractivity contribution >= 4 is 11.7 Å². The van der Waals surface area contributed by atoms with Gasteiger partial charge >= 0.3 is 0 Å². The molecule has 0 saturated heterocycles. The number of oxime groups is 1. The molecule has 20 heavy (non-hydrogen) atoms. The van der Waals surface area contributed by atoms with E-state index in [9.17, 15) is 4.79 Å². The Labute approximate surface area is 114 Å². The summed E-state index contributed by atoms with van der Waals surface area (Å²) in [5, 5.41) is 18.1. The van der Waals surface area contributed by atoms with Gasteiger partial charge in [0.05, 0.1) is 6.54 Å². The van der Waals surface area contributed by atoms with Gasteiger partial charge in [0.25, 0.3) is 5.91 Å². The topological polar surface area (TPSA) is 118 Å². The molecule has 0 atom stereocenters. The van der Waals surface area contributed by atoms with Gasteiger partial charge < -0.3 is 16.3 Å². The number of nitrogens with one attached hydrogen (secondary N) is 1. The Kier molecular flexibility index (Phi) is 4.28. The van der Waals surface area contributed by atoms with Gasteiger partial charge in [0.15, 0.2) is 5.84 Å². The highest BCUT2D eigenvalue weighted by atomic mass is 16.4. The summed E-state index contributed by atoms with van der Waals surface area (Å²) < 4.78 is 1.72. The number of carbonyl (C=O) groups is 1. The summed E-state index contributed by atoms with van der Waals surface area (Å²) in [6.45, 7) is 1.03. The molecule has 0 spiro atoms. The van der Waals surface area contributed by atoms with Crippen molar-refractivity contribution in [3.05, 3.63) is 48.0 Å². The van der Waals surface area contributed by atoms with Crippen molar-refractivity contribution in [2.45, 2.75) is 6.54 Å². The van der Waals surface area contributed by atoms with Crippen LogP contribution in [0, 0.1) is 0 Å². The highest BCUT2D eigenvalue weighted by molar-refractivity contribution is 5.98. The van der Waals surface area contributed by atoms with E-state index in [0.717, 1.165) is 0 Å². The van der Waals surface area contributed by atoms with Crippen LogP contribution in [0.5, 0.6) is 0 Å². The summed E-state index contributed by atoms with van der Waals surface area (Å²) in [5.74, 6) is -0.341. The molecule has 4 N–H and O–H groups in total. The zero-order chi connectivity index (χ0) is 14.4. The van der Waals surface area contributed by atoms with Crippen LogP contribution in [0.15, 0.2) is 41.9 Å². The second kappa shape index (κ2) is 6.32. The van der Waals surface area contributed by atoms with Gasteiger partial charge in [0.1, 0.15) is 5.69 Å². The van der Waals surface area contributed by atoms with E-state index in [4.69, 9.17) is 10.9 Å². The molecule has 0 aliphatic carbocycles. The molecule has 0 radical (unpaired) electrons.